The van der Waals surface area contributed by atoms with Crippen LogP contribution in [0.15, 0.2) is 42.5 Å². The number of carbonyl (C=O) groups excluding carboxylic acids is 1. The van der Waals surface area contributed by atoms with Crippen LogP contribution in [0.3, 0.4) is 0 Å². The van der Waals surface area contributed by atoms with Crippen molar-refractivity contribution in [3.8, 4) is 46.0 Å². The van der Waals surface area contributed by atoms with Crippen LogP contribution in [0, 0.1) is 0 Å². The van der Waals surface area contributed by atoms with Crippen molar-refractivity contribution >= 4 is 5.78 Å². The molecule has 0 bridgehead atoms. The Morgan fingerprint density at radius 1 is 0.921 bits per heavy atom. The highest BCUT2D eigenvalue weighted by molar-refractivity contribution is 6.02. The molecule has 0 saturated heterocycles. The van der Waals surface area contributed by atoms with Crippen molar-refractivity contribution < 1.29 is 54.0 Å². The van der Waals surface area contributed by atoms with Crippen molar-refractivity contribution in [1.29, 1.82) is 0 Å². The average Bonchev–Trinajstić information content (AvgIpc) is 2.90. The number of hydrogen-bond acceptors (Lipinski definition) is 11. The van der Waals surface area contributed by atoms with E-state index in [1.54, 1.807) is 12.1 Å². The molecule has 38 heavy (non-hydrogen) atoms. The third-order valence-corrected chi connectivity index (χ3v) is 6.19. The molecule has 1 aliphatic heterocycles. The molecule has 3 aromatic rings. The predicted molar refractivity (Wildman–Crippen MR) is 133 cm³/mol. The minimum Gasteiger partial charge on any atom is -0.508 e. The SMILES string of the molecule is COc1cc(C(O)C(CO)Oc2c(OC)cc(C3CC(=O)c4c(O)cc(O)cc4O3)cc2OC)ccc1O. The van der Waals surface area contributed by atoms with Gasteiger partial charge in [-0.15, -0.1) is 0 Å². The molecule has 0 amide bonds. The number of phenolic OH excluding ortho intramolecular Hbond substituents is 3. The second-order valence-electron chi connectivity index (χ2n) is 8.54. The molecule has 4 rings (SSSR count). The molecule has 5 N–H and O–H groups in total. The van der Waals surface area contributed by atoms with Crippen molar-refractivity contribution in [1.82, 2.24) is 0 Å². The number of phenols is 3. The van der Waals surface area contributed by atoms with Gasteiger partial charge in [0.25, 0.3) is 0 Å². The van der Waals surface area contributed by atoms with Gasteiger partial charge in [-0.25, -0.2) is 0 Å². The van der Waals surface area contributed by atoms with E-state index in [0.717, 1.165) is 6.07 Å². The number of hydrogen-bond donors (Lipinski definition) is 5. The summed E-state index contributed by atoms with van der Waals surface area (Å²) >= 11 is 0. The fourth-order valence-corrected chi connectivity index (χ4v) is 4.26. The topological polar surface area (TPSA) is 164 Å². The zero-order valence-electron chi connectivity index (χ0n) is 20.9. The number of methoxy groups -OCH3 is 3. The van der Waals surface area contributed by atoms with Crippen molar-refractivity contribution in [3.05, 3.63) is 59.2 Å². The van der Waals surface area contributed by atoms with E-state index in [2.05, 4.69) is 0 Å². The van der Waals surface area contributed by atoms with Gasteiger partial charge in [0.2, 0.25) is 5.75 Å². The van der Waals surface area contributed by atoms with Crippen molar-refractivity contribution in [2.24, 2.45) is 0 Å². The summed E-state index contributed by atoms with van der Waals surface area (Å²) in [4.78, 5) is 12.7. The number of aromatic hydroxyl groups is 3. The van der Waals surface area contributed by atoms with Crippen LogP contribution in [0.5, 0.6) is 46.0 Å². The van der Waals surface area contributed by atoms with Crippen LogP contribution >= 0.6 is 0 Å². The van der Waals surface area contributed by atoms with Gasteiger partial charge in [-0.05, 0) is 29.8 Å². The van der Waals surface area contributed by atoms with E-state index in [4.69, 9.17) is 23.7 Å². The summed E-state index contributed by atoms with van der Waals surface area (Å²) < 4.78 is 27.9. The Kier molecular flexibility index (Phi) is 7.70. The van der Waals surface area contributed by atoms with Crippen molar-refractivity contribution in [3.63, 3.8) is 0 Å². The van der Waals surface area contributed by atoms with Gasteiger partial charge in [0, 0.05) is 17.7 Å². The molecular formula is C27H28O11. The molecule has 0 saturated carbocycles. The van der Waals surface area contributed by atoms with E-state index in [-0.39, 0.29) is 63.8 Å². The minimum atomic E-state index is -1.32. The number of aliphatic hydroxyl groups excluding tert-OH is 2. The van der Waals surface area contributed by atoms with E-state index in [1.807, 2.05) is 0 Å². The monoisotopic (exact) mass is 528 g/mol. The fraction of sp³-hybridized carbons (Fsp3) is 0.296. The molecule has 0 aromatic heterocycles. The Labute approximate surface area is 218 Å². The second kappa shape index (κ2) is 11.0. The van der Waals surface area contributed by atoms with E-state index >= 15 is 0 Å². The molecule has 11 heteroatoms. The molecule has 11 nitrogen and oxygen atoms in total. The zero-order valence-corrected chi connectivity index (χ0v) is 20.9. The first-order valence-corrected chi connectivity index (χ1v) is 11.5. The van der Waals surface area contributed by atoms with Crippen LogP contribution in [-0.2, 0) is 0 Å². The first-order valence-electron chi connectivity index (χ1n) is 11.5. The van der Waals surface area contributed by atoms with Gasteiger partial charge in [0.05, 0.1) is 34.4 Å². The molecule has 3 unspecified atom stereocenters. The maximum Gasteiger partial charge on any atom is 0.204 e. The number of ether oxygens (including phenoxy) is 5. The first kappa shape index (κ1) is 26.7. The maximum atomic E-state index is 12.7. The molecule has 202 valence electrons. The number of aliphatic hydroxyl groups is 2. The number of benzene rings is 3. The largest absolute Gasteiger partial charge is 0.508 e. The molecule has 0 fully saturated rings. The van der Waals surface area contributed by atoms with Crippen molar-refractivity contribution in [2.45, 2.75) is 24.7 Å². The molecule has 3 atom stereocenters. The first-order chi connectivity index (χ1) is 18.2. The summed E-state index contributed by atoms with van der Waals surface area (Å²) in [5.41, 5.74) is 0.799. The lowest BCUT2D eigenvalue weighted by molar-refractivity contribution is -0.00180. The molecule has 0 aliphatic carbocycles. The smallest absolute Gasteiger partial charge is 0.204 e. The Morgan fingerprint density at radius 3 is 2.18 bits per heavy atom. The number of rotatable bonds is 9. The van der Waals surface area contributed by atoms with E-state index in [1.165, 1.54) is 45.6 Å². The van der Waals surface area contributed by atoms with Crippen LogP contribution in [0.25, 0.3) is 0 Å². The molecule has 0 spiro atoms. The summed E-state index contributed by atoms with van der Waals surface area (Å²) in [6, 6.07) is 9.69. The van der Waals surface area contributed by atoms with E-state index in [0.29, 0.717) is 11.1 Å². The zero-order chi connectivity index (χ0) is 27.6. The molecule has 3 aromatic carbocycles. The fourth-order valence-electron chi connectivity index (χ4n) is 4.26. The maximum absolute atomic E-state index is 12.7. The molecular weight excluding hydrogens is 500 g/mol. The van der Waals surface area contributed by atoms with Gasteiger partial charge in [-0.3, -0.25) is 4.79 Å². The highest BCUT2D eigenvalue weighted by Crippen LogP contribution is 2.46. The van der Waals surface area contributed by atoms with E-state index in [9.17, 15) is 30.3 Å². The molecule has 1 heterocycles. The summed E-state index contributed by atoms with van der Waals surface area (Å²) in [5, 5.41) is 50.6. The van der Waals surface area contributed by atoms with Gasteiger partial charge in [-0.1, -0.05) is 6.07 Å². The van der Waals surface area contributed by atoms with Gasteiger partial charge in [-0.2, -0.15) is 0 Å². The van der Waals surface area contributed by atoms with Gasteiger partial charge >= 0.3 is 0 Å². The van der Waals surface area contributed by atoms with Crippen LogP contribution < -0.4 is 23.7 Å². The lowest BCUT2D eigenvalue weighted by atomic mass is 9.95. The quantitative estimate of drug-likeness (QED) is 0.277. The Bertz CT molecular complexity index is 1310. The third-order valence-electron chi connectivity index (χ3n) is 6.19. The minimum absolute atomic E-state index is 0.0106. The highest BCUT2D eigenvalue weighted by Gasteiger charge is 2.33. The van der Waals surface area contributed by atoms with Gasteiger partial charge in [0.1, 0.15) is 35.0 Å². The number of carbonyl (C=O) groups is 1. The number of Topliss-reactive ketones (excluding diaryl/α,β-unsaturated/α-hetero) is 1. The van der Waals surface area contributed by atoms with Gasteiger partial charge < -0.3 is 49.2 Å². The summed E-state index contributed by atoms with van der Waals surface area (Å²) in [6.07, 6.45) is -3.38. The predicted octanol–water partition coefficient (Wildman–Crippen LogP) is 3.01. The molecule has 0 radical (unpaired) electrons. The van der Waals surface area contributed by atoms with Crippen LogP contribution in [0.1, 0.15) is 40.1 Å². The Balaban J connectivity index is 1.66. The standard InChI is InChI=1S/C27H28O11/c1-34-20-6-13(4-5-16(20)30)26(33)24(12-28)38-27-22(35-2)7-14(8-23(27)36-3)19-11-18(32)25-17(31)9-15(29)10-21(25)37-19/h4-10,19,24,26,28-31,33H,11-12H2,1-3H3. The van der Waals surface area contributed by atoms with Crippen molar-refractivity contribution in [2.75, 3.05) is 27.9 Å². The third kappa shape index (κ3) is 5.06. The lowest BCUT2D eigenvalue weighted by Crippen LogP contribution is -2.29. The summed E-state index contributed by atoms with van der Waals surface area (Å²) in [5.74, 6) is -0.503. The van der Waals surface area contributed by atoms with E-state index < -0.39 is 24.9 Å². The Morgan fingerprint density at radius 2 is 1.58 bits per heavy atom. The average molecular weight is 529 g/mol. The summed E-state index contributed by atoms with van der Waals surface area (Å²) in [6.45, 7) is -0.581. The number of fused-ring (bicyclic) bond motifs is 1. The second-order valence-corrected chi connectivity index (χ2v) is 8.54. The molecule has 1 aliphatic rings. The highest BCUT2D eigenvalue weighted by atomic mass is 16.6. The lowest BCUT2D eigenvalue weighted by Gasteiger charge is -2.28. The van der Waals surface area contributed by atoms with Crippen LogP contribution in [-0.4, -0.2) is 65.4 Å². The van der Waals surface area contributed by atoms with Crippen LogP contribution in [0.2, 0.25) is 0 Å². The summed E-state index contributed by atoms with van der Waals surface area (Å²) in [7, 11) is 4.15. The normalized spacial score (nSPS) is 16.1. The Hall–Kier alpha value is -4.35. The van der Waals surface area contributed by atoms with Crippen LogP contribution in [0.4, 0.5) is 0 Å². The number of ketones is 1. The van der Waals surface area contributed by atoms with Gasteiger partial charge in [0.15, 0.2) is 34.9 Å².